The molecule has 3 heterocycles. The summed E-state index contributed by atoms with van der Waals surface area (Å²) in [5.74, 6) is -0.903. The third-order valence-corrected chi connectivity index (χ3v) is 5.39. The average molecular weight is 404 g/mol. The standard InChI is InChI=1S/C19H24N4O4S/c20-17(24)22-15-14(12-25-11-13-5-2-1-3-6-13)21-18(28)23-8-7-19(16(15)23)26-9-4-10-27-19/h1-3,5-6,14H,4,7-12H2,(H,21,28)(H3,20,22,24)/t14-/m0/s1. The van der Waals surface area contributed by atoms with Crippen molar-refractivity contribution in [2.75, 3.05) is 26.4 Å². The number of amides is 2. The lowest BCUT2D eigenvalue weighted by Crippen LogP contribution is -2.57. The van der Waals surface area contributed by atoms with Crippen LogP contribution in [0.5, 0.6) is 0 Å². The quantitative estimate of drug-likeness (QED) is 0.634. The molecule has 3 aliphatic rings. The Kier molecular flexibility index (Phi) is 5.49. The van der Waals surface area contributed by atoms with Gasteiger partial charge in [0.05, 0.1) is 38.2 Å². The summed E-state index contributed by atoms with van der Waals surface area (Å²) in [5, 5.41) is 6.57. The van der Waals surface area contributed by atoms with E-state index in [1.807, 2.05) is 35.2 Å². The molecule has 0 unspecified atom stereocenters. The van der Waals surface area contributed by atoms with Crippen molar-refractivity contribution in [3.05, 3.63) is 47.3 Å². The molecule has 1 spiro atoms. The van der Waals surface area contributed by atoms with Crippen LogP contribution in [0.3, 0.4) is 0 Å². The van der Waals surface area contributed by atoms with Gasteiger partial charge >= 0.3 is 6.03 Å². The largest absolute Gasteiger partial charge is 0.374 e. The predicted molar refractivity (Wildman–Crippen MR) is 106 cm³/mol. The van der Waals surface area contributed by atoms with Gasteiger partial charge in [0.2, 0.25) is 5.79 Å². The van der Waals surface area contributed by atoms with Crippen LogP contribution in [0.2, 0.25) is 0 Å². The minimum atomic E-state index is -0.903. The van der Waals surface area contributed by atoms with E-state index in [1.165, 1.54) is 0 Å². The number of ether oxygens (including phenoxy) is 3. The summed E-state index contributed by atoms with van der Waals surface area (Å²) in [6.45, 7) is 2.58. The van der Waals surface area contributed by atoms with Crippen molar-refractivity contribution in [2.24, 2.45) is 5.73 Å². The van der Waals surface area contributed by atoms with Crippen molar-refractivity contribution in [3.8, 4) is 0 Å². The monoisotopic (exact) mass is 404 g/mol. The van der Waals surface area contributed by atoms with Gasteiger partial charge in [0.1, 0.15) is 5.70 Å². The summed E-state index contributed by atoms with van der Waals surface area (Å²) in [6, 6.07) is 8.87. The van der Waals surface area contributed by atoms with Crippen LogP contribution >= 0.6 is 12.2 Å². The van der Waals surface area contributed by atoms with E-state index in [0.717, 1.165) is 17.7 Å². The van der Waals surface area contributed by atoms with Gasteiger partial charge in [0.25, 0.3) is 0 Å². The Balaban J connectivity index is 1.59. The molecule has 1 aromatic rings. The Hall–Kier alpha value is -2.20. The SMILES string of the molecule is NC(=O)NC1=C2N(CCC23OCCCO3)C(=S)N[C@H]1COCc1ccccc1. The first-order chi connectivity index (χ1) is 13.6. The Bertz CT molecular complexity index is 779. The van der Waals surface area contributed by atoms with E-state index in [1.54, 1.807) is 0 Å². The first-order valence-corrected chi connectivity index (χ1v) is 9.78. The zero-order valence-corrected chi connectivity index (χ0v) is 16.3. The van der Waals surface area contributed by atoms with Crippen LogP contribution < -0.4 is 16.4 Å². The number of carbonyl (C=O) groups excluding carboxylic acids is 1. The molecule has 9 heteroatoms. The van der Waals surface area contributed by atoms with E-state index in [4.69, 9.17) is 32.2 Å². The number of hydrogen-bond acceptors (Lipinski definition) is 5. The zero-order chi connectivity index (χ0) is 19.6. The fourth-order valence-electron chi connectivity index (χ4n) is 3.84. The number of hydrogen-bond donors (Lipinski definition) is 3. The number of nitrogens with zero attached hydrogens (tertiary/aromatic N) is 1. The van der Waals surface area contributed by atoms with Crippen molar-refractivity contribution in [3.63, 3.8) is 0 Å². The molecule has 2 saturated heterocycles. The maximum atomic E-state index is 11.7. The predicted octanol–water partition coefficient (Wildman–Crippen LogP) is 1.18. The number of urea groups is 1. The summed E-state index contributed by atoms with van der Waals surface area (Å²) in [6.07, 6.45) is 1.46. The van der Waals surface area contributed by atoms with Crippen LogP contribution in [0.4, 0.5) is 4.79 Å². The molecule has 4 N–H and O–H groups in total. The zero-order valence-electron chi connectivity index (χ0n) is 15.5. The molecule has 3 aliphatic heterocycles. The number of nitrogens with one attached hydrogen (secondary N) is 2. The first-order valence-electron chi connectivity index (χ1n) is 9.38. The Morgan fingerprint density at radius 3 is 2.82 bits per heavy atom. The van der Waals surface area contributed by atoms with Crippen molar-refractivity contribution >= 4 is 23.4 Å². The van der Waals surface area contributed by atoms with Gasteiger partial charge in [-0.05, 0) is 24.2 Å². The van der Waals surface area contributed by atoms with E-state index in [9.17, 15) is 4.79 Å². The highest BCUT2D eigenvalue weighted by atomic mass is 32.1. The lowest BCUT2D eigenvalue weighted by atomic mass is 10.0. The third-order valence-electron chi connectivity index (χ3n) is 5.05. The molecule has 1 atom stereocenters. The van der Waals surface area contributed by atoms with Crippen molar-refractivity contribution in [2.45, 2.75) is 31.3 Å². The molecule has 2 fully saturated rings. The average Bonchev–Trinajstić information content (AvgIpc) is 3.05. The summed E-state index contributed by atoms with van der Waals surface area (Å²) in [4.78, 5) is 13.6. The van der Waals surface area contributed by atoms with Crippen LogP contribution in [0.1, 0.15) is 18.4 Å². The normalized spacial score (nSPS) is 23.5. The van der Waals surface area contributed by atoms with Crippen LogP contribution in [0.15, 0.2) is 41.7 Å². The number of fused-ring (bicyclic) bond motifs is 2. The highest BCUT2D eigenvalue weighted by Crippen LogP contribution is 2.42. The van der Waals surface area contributed by atoms with E-state index in [0.29, 0.717) is 50.2 Å². The van der Waals surface area contributed by atoms with E-state index in [-0.39, 0.29) is 6.04 Å². The molecule has 0 bridgehead atoms. The Morgan fingerprint density at radius 1 is 1.36 bits per heavy atom. The smallest absolute Gasteiger partial charge is 0.316 e. The molecule has 0 aliphatic carbocycles. The fourth-order valence-corrected chi connectivity index (χ4v) is 4.17. The summed E-state index contributed by atoms with van der Waals surface area (Å²) >= 11 is 5.55. The number of benzene rings is 1. The fraction of sp³-hybridized carbons (Fsp3) is 0.474. The second-order valence-electron chi connectivity index (χ2n) is 6.96. The number of primary amides is 1. The second-order valence-corrected chi connectivity index (χ2v) is 7.35. The minimum Gasteiger partial charge on any atom is -0.374 e. The maximum absolute atomic E-state index is 11.7. The lowest BCUT2D eigenvalue weighted by molar-refractivity contribution is -0.240. The van der Waals surface area contributed by atoms with Gasteiger partial charge in [-0.2, -0.15) is 0 Å². The molecule has 8 nitrogen and oxygen atoms in total. The molecule has 0 radical (unpaired) electrons. The Labute approximate surface area is 169 Å². The van der Waals surface area contributed by atoms with Crippen LogP contribution in [-0.2, 0) is 20.8 Å². The van der Waals surface area contributed by atoms with Gasteiger partial charge < -0.3 is 35.5 Å². The third kappa shape index (κ3) is 3.70. The van der Waals surface area contributed by atoms with Crippen LogP contribution in [0.25, 0.3) is 0 Å². The first kappa shape index (κ1) is 19.1. The van der Waals surface area contributed by atoms with Crippen molar-refractivity contribution in [1.82, 2.24) is 15.5 Å². The summed E-state index contributed by atoms with van der Waals surface area (Å²) < 4.78 is 18.0. The molecule has 0 saturated carbocycles. The topological polar surface area (TPSA) is 98.1 Å². The van der Waals surface area contributed by atoms with Crippen molar-refractivity contribution < 1.29 is 19.0 Å². The Morgan fingerprint density at radius 2 is 2.11 bits per heavy atom. The summed E-state index contributed by atoms with van der Waals surface area (Å²) in [5.41, 5.74) is 7.84. The molecule has 28 heavy (non-hydrogen) atoms. The van der Waals surface area contributed by atoms with Crippen LogP contribution in [0, 0.1) is 0 Å². The maximum Gasteiger partial charge on any atom is 0.316 e. The van der Waals surface area contributed by atoms with Gasteiger partial charge in [0.15, 0.2) is 5.11 Å². The second kappa shape index (κ2) is 8.04. The number of carbonyl (C=O) groups is 1. The minimum absolute atomic E-state index is 0.304. The van der Waals surface area contributed by atoms with Gasteiger partial charge in [-0.15, -0.1) is 0 Å². The molecule has 0 aromatic heterocycles. The highest BCUT2D eigenvalue weighted by molar-refractivity contribution is 7.80. The highest BCUT2D eigenvalue weighted by Gasteiger charge is 2.52. The van der Waals surface area contributed by atoms with Gasteiger partial charge in [0, 0.05) is 13.0 Å². The molecule has 2 amide bonds. The number of thiocarbonyl (C=S) groups is 1. The van der Waals surface area contributed by atoms with Gasteiger partial charge in [-0.1, -0.05) is 30.3 Å². The summed E-state index contributed by atoms with van der Waals surface area (Å²) in [7, 11) is 0. The van der Waals surface area contributed by atoms with Gasteiger partial charge in [-0.25, -0.2) is 4.79 Å². The van der Waals surface area contributed by atoms with E-state index >= 15 is 0 Å². The van der Waals surface area contributed by atoms with E-state index in [2.05, 4.69) is 10.6 Å². The lowest BCUT2D eigenvalue weighted by Gasteiger charge is -2.41. The molecular weight excluding hydrogens is 380 g/mol. The number of rotatable bonds is 5. The molecule has 4 rings (SSSR count). The van der Waals surface area contributed by atoms with Crippen LogP contribution in [-0.4, -0.2) is 54.2 Å². The van der Waals surface area contributed by atoms with Gasteiger partial charge in [-0.3, -0.25) is 0 Å². The van der Waals surface area contributed by atoms with Crippen molar-refractivity contribution in [1.29, 1.82) is 0 Å². The molecular formula is C19H24N4O4S. The number of nitrogens with two attached hydrogens (primary N) is 1. The van der Waals surface area contributed by atoms with E-state index < -0.39 is 11.8 Å². The molecule has 150 valence electrons. The molecule has 1 aromatic carbocycles.